The van der Waals surface area contributed by atoms with Gasteiger partial charge in [0.15, 0.2) is 5.65 Å². The molecule has 1 saturated heterocycles. The summed E-state index contributed by atoms with van der Waals surface area (Å²) >= 11 is 0. The highest BCUT2D eigenvalue weighted by atomic mass is 19.4. The van der Waals surface area contributed by atoms with Crippen LogP contribution >= 0.6 is 0 Å². The van der Waals surface area contributed by atoms with Crippen LogP contribution in [0.1, 0.15) is 17.9 Å². The van der Waals surface area contributed by atoms with Crippen LogP contribution < -0.4 is 9.80 Å². The average Bonchev–Trinajstić information content (AvgIpc) is 3.27. The first kappa shape index (κ1) is 18.5. The first-order valence-corrected chi connectivity index (χ1v) is 9.37. The van der Waals surface area contributed by atoms with Gasteiger partial charge in [-0.05, 0) is 25.5 Å². The van der Waals surface area contributed by atoms with Gasteiger partial charge in [-0.25, -0.2) is 4.98 Å². The van der Waals surface area contributed by atoms with E-state index in [4.69, 9.17) is 0 Å². The second-order valence-electron chi connectivity index (χ2n) is 7.04. The van der Waals surface area contributed by atoms with E-state index in [2.05, 4.69) is 35.3 Å². The summed E-state index contributed by atoms with van der Waals surface area (Å²) in [5.41, 5.74) is 0.898. The molecule has 0 N–H and O–H groups in total. The number of nitrogens with zero attached hydrogens (tertiary/aromatic N) is 10. The van der Waals surface area contributed by atoms with Gasteiger partial charge in [0.1, 0.15) is 18.0 Å². The fourth-order valence-corrected chi connectivity index (χ4v) is 3.64. The molecule has 13 heteroatoms. The Morgan fingerprint density at radius 2 is 1.77 bits per heavy atom. The van der Waals surface area contributed by atoms with Crippen LogP contribution in [0.3, 0.4) is 0 Å². The first-order valence-electron chi connectivity index (χ1n) is 9.37. The molecule has 30 heavy (non-hydrogen) atoms. The molecule has 1 aliphatic rings. The van der Waals surface area contributed by atoms with E-state index < -0.39 is 12.0 Å². The molecular formula is C17H17F3N10. The maximum atomic E-state index is 13.2. The zero-order chi connectivity index (χ0) is 20.9. The molecule has 4 aromatic rings. The van der Waals surface area contributed by atoms with E-state index in [1.807, 2.05) is 17.9 Å². The number of alkyl halides is 3. The third-order valence-electron chi connectivity index (χ3n) is 5.01. The highest BCUT2D eigenvalue weighted by Crippen LogP contribution is 2.28. The van der Waals surface area contributed by atoms with Gasteiger partial charge in [0.05, 0.1) is 0 Å². The van der Waals surface area contributed by atoms with Crippen molar-refractivity contribution >= 4 is 23.1 Å². The van der Waals surface area contributed by atoms with Gasteiger partial charge in [-0.1, -0.05) is 0 Å². The maximum Gasteiger partial charge on any atom is 0.453 e. The lowest BCUT2D eigenvalue weighted by molar-refractivity contribution is -0.146. The van der Waals surface area contributed by atoms with Gasteiger partial charge in [-0.15, -0.1) is 15.3 Å². The van der Waals surface area contributed by atoms with E-state index in [0.717, 1.165) is 29.0 Å². The Bertz CT molecular complexity index is 1210. The van der Waals surface area contributed by atoms with Gasteiger partial charge in [0, 0.05) is 37.9 Å². The number of rotatable bonds is 2. The monoisotopic (exact) mass is 418 g/mol. The van der Waals surface area contributed by atoms with E-state index in [0.29, 0.717) is 31.2 Å². The van der Waals surface area contributed by atoms with Crippen molar-refractivity contribution in [1.82, 2.24) is 39.4 Å². The van der Waals surface area contributed by atoms with Crippen LogP contribution in [0.4, 0.5) is 24.8 Å². The summed E-state index contributed by atoms with van der Waals surface area (Å²) in [5, 5.41) is 15.2. The van der Waals surface area contributed by atoms with Crippen molar-refractivity contribution in [2.24, 2.45) is 0 Å². The third-order valence-corrected chi connectivity index (χ3v) is 5.01. The van der Waals surface area contributed by atoms with E-state index in [-0.39, 0.29) is 5.65 Å². The minimum absolute atomic E-state index is 0.0587. The molecule has 0 spiro atoms. The van der Waals surface area contributed by atoms with Crippen molar-refractivity contribution in [3.05, 3.63) is 36.0 Å². The Balaban J connectivity index is 1.42. The van der Waals surface area contributed by atoms with Gasteiger partial charge in [-0.3, -0.25) is 0 Å². The summed E-state index contributed by atoms with van der Waals surface area (Å²) < 4.78 is 41.9. The molecule has 0 aromatic carbocycles. The van der Waals surface area contributed by atoms with Crippen LogP contribution in [-0.4, -0.2) is 65.6 Å². The predicted molar refractivity (Wildman–Crippen MR) is 100 cm³/mol. The summed E-state index contributed by atoms with van der Waals surface area (Å²) in [7, 11) is 0. The van der Waals surface area contributed by atoms with Crippen LogP contribution in [0.25, 0.3) is 11.4 Å². The molecule has 4 aromatic heterocycles. The van der Waals surface area contributed by atoms with E-state index in [9.17, 15) is 13.2 Å². The van der Waals surface area contributed by atoms with Crippen molar-refractivity contribution in [2.75, 3.05) is 36.0 Å². The van der Waals surface area contributed by atoms with Gasteiger partial charge in [0.25, 0.3) is 11.6 Å². The van der Waals surface area contributed by atoms with Gasteiger partial charge in [-0.2, -0.15) is 32.3 Å². The Morgan fingerprint density at radius 3 is 2.60 bits per heavy atom. The molecule has 0 bridgehead atoms. The lowest BCUT2D eigenvalue weighted by atomic mass is 10.3. The zero-order valence-corrected chi connectivity index (χ0v) is 16.0. The molecule has 0 unspecified atom stereocenters. The van der Waals surface area contributed by atoms with E-state index in [1.54, 1.807) is 10.6 Å². The minimum atomic E-state index is -4.62. The van der Waals surface area contributed by atoms with Gasteiger partial charge < -0.3 is 9.80 Å². The van der Waals surface area contributed by atoms with Crippen molar-refractivity contribution in [2.45, 2.75) is 19.5 Å². The van der Waals surface area contributed by atoms with Gasteiger partial charge in [0.2, 0.25) is 0 Å². The molecule has 0 saturated carbocycles. The maximum absolute atomic E-state index is 13.2. The lowest BCUT2D eigenvalue weighted by Crippen LogP contribution is -2.32. The molecule has 0 atom stereocenters. The Kier molecular flexibility index (Phi) is 4.18. The largest absolute Gasteiger partial charge is 0.453 e. The van der Waals surface area contributed by atoms with E-state index in [1.165, 1.54) is 12.4 Å². The molecule has 5 heterocycles. The molecule has 10 nitrogen and oxygen atoms in total. The highest BCUT2D eigenvalue weighted by molar-refractivity contribution is 5.49. The molecule has 1 aliphatic heterocycles. The molecule has 156 valence electrons. The Labute approximate surface area is 168 Å². The number of hydrogen-bond acceptors (Lipinski definition) is 8. The van der Waals surface area contributed by atoms with Crippen molar-refractivity contribution in [3.63, 3.8) is 0 Å². The van der Waals surface area contributed by atoms with Crippen LogP contribution in [0.2, 0.25) is 0 Å². The topological polar surface area (TPSA) is 92.6 Å². The van der Waals surface area contributed by atoms with Crippen molar-refractivity contribution in [1.29, 1.82) is 0 Å². The average molecular weight is 418 g/mol. The number of aromatic nitrogens is 8. The normalized spacial score (nSPS) is 15.9. The highest BCUT2D eigenvalue weighted by Gasteiger charge is 2.37. The lowest BCUT2D eigenvalue weighted by Gasteiger charge is -2.24. The summed E-state index contributed by atoms with van der Waals surface area (Å²) in [4.78, 5) is 12.7. The number of hydrogen-bond donors (Lipinski definition) is 0. The number of anilines is 2. The predicted octanol–water partition coefficient (Wildman–Crippen LogP) is 1.61. The van der Waals surface area contributed by atoms with Crippen LogP contribution in [0.15, 0.2) is 24.5 Å². The third kappa shape index (κ3) is 3.15. The first-order chi connectivity index (χ1) is 14.4. The summed E-state index contributed by atoms with van der Waals surface area (Å²) in [5.74, 6) is 0.743. The Morgan fingerprint density at radius 1 is 0.967 bits per heavy atom. The SMILES string of the molecule is Cc1cc(N2CCCN(c3ccc4nnc(C(F)(F)F)n4n3)CC2)n2ncnc2n1. The quantitative estimate of drug-likeness (QED) is 0.485. The Hall–Kier alpha value is -3.51. The minimum Gasteiger partial charge on any atom is -0.355 e. The summed E-state index contributed by atoms with van der Waals surface area (Å²) in [6.07, 6.45) is -2.36. The molecule has 1 fully saturated rings. The standard InChI is InChI=1S/C17H17F3N10/c1-11-9-14(30-16(23-11)21-10-22-30)28-6-2-5-27(7-8-28)13-4-3-12-24-25-15(17(18,19)20)29(12)26-13/h3-4,9-10H,2,5-8H2,1H3. The molecule has 0 amide bonds. The van der Waals surface area contributed by atoms with Gasteiger partial charge >= 0.3 is 6.18 Å². The van der Waals surface area contributed by atoms with Crippen molar-refractivity contribution < 1.29 is 13.2 Å². The summed E-state index contributed by atoms with van der Waals surface area (Å²) in [6.45, 7) is 4.55. The number of fused-ring (bicyclic) bond motifs is 2. The van der Waals surface area contributed by atoms with Crippen LogP contribution in [-0.2, 0) is 6.18 Å². The van der Waals surface area contributed by atoms with Crippen LogP contribution in [0, 0.1) is 6.92 Å². The molecule has 0 aliphatic carbocycles. The smallest absolute Gasteiger partial charge is 0.355 e. The van der Waals surface area contributed by atoms with E-state index >= 15 is 0 Å². The fraction of sp³-hybridized carbons (Fsp3) is 0.412. The fourth-order valence-electron chi connectivity index (χ4n) is 3.64. The second kappa shape index (κ2) is 6.78. The zero-order valence-electron chi connectivity index (χ0n) is 16.0. The molecule has 0 radical (unpaired) electrons. The van der Waals surface area contributed by atoms with Crippen LogP contribution in [0.5, 0.6) is 0 Å². The number of aryl methyl sites for hydroxylation is 1. The number of halogens is 3. The second-order valence-corrected chi connectivity index (χ2v) is 7.04. The van der Waals surface area contributed by atoms with Crippen molar-refractivity contribution in [3.8, 4) is 0 Å². The summed E-state index contributed by atoms with van der Waals surface area (Å²) in [6, 6.07) is 5.12. The molecular weight excluding hydrogens is 401 g/mol. The molecule has 5 rings (SSSR count).